The van der Waals surface area contributed by atoms with Crippen molar-refractivity contribution in [2.45, 2.75) is 31.7 Å². The monoisotopic (exact) mass is 201 g/mol. The Labute approximate surface area is 84.8 Å². The van der Waals surface area contributed by atoms with Crippen LogP contribution in [-0.4, -0.2) is 54.7 Å². The van der Waals surface area contributed by atoms with E-state index in [4.69, 9.17) is 9.47 Å². The highest BCUT2D eigenvalue weighted by Crippen LogP contribution is 2.21. The second-order valence-electron chi connectivity index (χ2n) is 4.34. The number of hydrogen-bond acceptors (Lipinski definition) is 4. The number of aliphatic hydroxyl groups excluding tert-OH is 1. The number of rotatable bonds is 2. The zero-order valence-electron chi connectivity index (χ0n) is 8.74. The summed E-state index contributed by atoms with van der Waals surface area (Å²) in [6, 6.07) is 0. The van der Waals surface area contributed by atoms with Gasteiger partial charge in [0.1, 0.15) is 0 Å². The number of hydrogen-bond donors (Lipinski definition) is 1. The summed E-state index contributed by atoms with van der Waals surface area (Å²) in [4.78, 5) is 2.30. The van der Waals surface area contributed by atoms with Crippen LogP contribution in [0.5, 0.6) is 0 Å². The Hall–Kier alpha value is -0.160. The van der Waals surface area contributed by atoms with E-state index in [1.54, 1.807) is 0 Å². The molecule has 2 saturated heterocycles. The van der Waals surface area contributed by atoms with Crippen molar-refractivity contribution >= 4 is 0 Å². The minimum absolute atomic E-state index is 0.107. The third-order valence-electron chi connectivity index (χ3n) is 2.97. The van der Waals surface area contributed by atoms with Crippen LogP contribution in [-0.2, 0) is 9.47 Å². The molecule has 0 aromatic rings. The van der Waals surface area contributed by atoms with E-state index in [-0.39, 0.29) is 6.10 Å². The van der Waals surface area contributed by atoms with Gasteiger partial charge >= 0.3 is 0 Å². The molecule has 82 valence electrons. The van der Waals surface area contributed by atoms with Crippen LogP contribution in [0.1, 0.15) is 19.8 Å². The molecular weight excluding hydrogens is 182 g/mol. The molecular formula is C10H19NO3. The molecule has 0 saturated carbocycles. The zero-order valence-corrected chi connectivity index (χ0v) is 8.74. The summed E-state index contributed by atoms with van der Waals surface area (Å²) in [7, 11) is 0. The highest BCUT2D eigenvalue weighted by molar-refractivity contribution is 4.78. The first-order valence-electron chi connectivity index (χ1n) is 5.36. The van der Waals surface area contributed by atoms with Gasteiger partial charge in [-0.25, -0.2) is 0 Å². The van der Waals surface area contributed by atoms with E-state index in [2.05, 4.69) is 4.90 Å². The molecule has 0 bridgehead atoms. The smallest absolute Gasteiger partial charge is 0.178 e. The molecule has 0 aliphatic carbocycles. The van der Waals surface area contributed by atoms with E-state index in [1.807, 2.05) is 6.92 Å². The van der Waals surface area contributed by atoms with Crippen LogP contribution in [0.4, 0.5) is 0 Å². The molecule has 0 amide bonds. The van der Waals surface area contributed by atoms with E-state index < -0.39 is 5.79 Å². The molecule has 0 spiro atoms. The quantitative estimate of drug-likeness (QED) is 0.693. The highest BCUT2D eigenvalue weighted by Gasteiger charge is 2.34. The molecule has 2 aliphatic heterocycles. The van der Waals surface area contributed by atoms with E-state index in [1.165, 1.54) is 0 Å². The van der Waals surface area contributed by atoms with Crippen LogP contribution in [0.25, 0.3) is 0 Å². The second kappa shape index (κ2) is 4.14. The minimum atomic E-state index is -0.414. The van der Waals surface area contributed by atoms with Crippen molar-refractivity contribution < 1.29 is 14.6 Å². The summed E-state index contributed by atoms with van der Waals surface area (Å²) in [5.41, 5.74) is 0. The molecule has 2 heterocycles. The molecule has 0 atom stereocenters. The molecule has 2 aliphatic rings. The van der Waals surface area contributed by atoms with E-state index in [0.29, 0.717) is 13.2 Å². The average Bonchev–Trinajstić information content (AvgIpc) is 2.57. The lowest BCUT2D eigenvalue weighted by Crippen LogP contribution is -2.46. The van der Waals surface area contributed by atoms with Gasteiger partial charge in [0.25, 0.3) is 0 Å². The zero-order chi connectivity index (χ0) is 10.0. The molecule has 0 aromatic heterocycles. The summed E-state index contributed by atoms with van der Waals surface area (Å²) in [6.45, 7) is 6.11. The minimum Gasteiger partial charge on any atom is -0.393 e. The summed E-state index contributed by atoms with van der Waals surface area (Å²) in [5, 5.41) is 9.36. The summed E-state index contributed by atoms with van der Waals surface area (Å²) in [5.74, 6) is -0.414. The van der Waals surface area contributed by atoms with Crippen molar-refractivity contribution in [1.82, 2.24) is 4.90 Å². The van der Waals surface area contributed by atoms with Gasteiger partial charge in [-0.1, -0.05) is 0 Å². The van der Waals surface area contributed by atoms with Crippen molar-refractivity contribution in [3.8, 4) is 0 Å². The number of ether oxygens (including phenoxy) is 2. The molecule has 4 nitrogen and oxygen atoms in total. The maximum atomic E-state index is 9.36. The van der Waals surface area contributed by atoms with Crippen LogP contribution < -0.4 is 0 Å². The molecule has 0 radical (unpaired) electrons. The molecule has 2 fully saturated rings. The lowest BCUT2D eigenvalue weighted by molar-refractivity contribution is -0.159. The van der Waals surface area contributed by atoms with Gasteiger partial charge in [0, 0.05) is 13.1 Å². The summed E-state index contributed by atoms with van der Waals surface area (Å²) in [6.07, 6.45) is 1.64. The average molecular weight is 201 g/mol. The standard InChI is InChI=1S/C10H19NO3/c1-10(13-6-7-14-10)8-11-4-2-9(12)3-5-11/h9,12H,2-8H2,1H3. The second-order valence-corrected chi connectivity index (χ2v) is 4.34. The first kappa shape index (κ1) is 10.4. The predicted molar refractivity (Wildman–Crippen MR) is 52.0 cm³/mol. The lowest BCUT2D eigenvalue weighted by atomic mass is 10.1. The van der Waals surface area contributed by atoms with Crippen molar-refractivity contribution in [1.29, 1.82) is 0 Å². The number of piperidine rings is 1. The summed E-state index contributed by atoms with van der Waals surface area (Å²) >= 11 is 0. The number of likely N-dealkylation sites (tertiary alicyclic amines) is 1. The van der Waals surface area contributed by atoms with Gasteiger partial charge in [-0.2, -0.15) is 0 Å². The molecule has 1 N–H and O–H groups in total. The van der Waals surface area contributed by atoms with Gasteiger partial charge in [0.15, 0.2) is 5.79 Å². The Balaban J connectivity index is 1.79. The van der Waals surface area contributed by atoms with Gasteiger partial charge in [0.05, 0.1) is 25.9 Å². The lowest BCUT2D eigenvalue weighted by Gasteiger charge is -2.34. The normalized spacial score (nSPS) is 29.6. The third kappa shape index (κ3) is 2.45. The van der Waals surface area contributed by atoms with E-state index in [9.17, 15) is 5.11 Å². The number of aliphatic hydroxyl groups is 1. The topological polar surface area (TPSA) is 41.9 Å². The van der Waals surface area contributed by atoms with Crippen LogP contribution in [0.2, 0.25) is 0 Å². The van der Waals surface area contributed by atoms with Gasteiger partial charge in [-0.3, -0.25) is 4.90 Å². The molecule has 4 heteroatoms. The summed E-state index contributed by atoms with van der Waals surface area (Å²) < 4.78 is 11.1. The van der Waals surface area contributed by atoms with Gasteiger partial charge < -0.3 is 14.6 Å². The Kier molecular flexibility index (Phi) is 3.07. The van der Waals surface area contributed by atoms with Crippen molar-refractivity contribution in [2.24, 2.45) is 0 Å². The highest BCUT2D eigenvalue weighted by atomic mass is 16.7. The Morgan fingerprint density at radius 3 is 2.43 bits per heavy atom. The largest absolute Gasteiger partial charge is 0.393 e. The maximum Gasteiger partial charge on any atom is 0.178 e. The Morgan fingerprint density at radius 2 is 1.86 bits per heavy atom. The molecule has 14 heavy (non-hydrogen) atoms. The van der Waals surface area contributed by atoms with Gasteiger partial charge in [-0.05, 0) is 19.8 Å². The van der Waals surface area contributed by atoms with Crippen LogP contribution in [0.3, 0.4) is 0 Å². The van der Waals surface area contributed by atoms with E-state index in [0.717, 1.165) is 32.5 Å². The fourth-order valence-electron chi connectivity index (χ4n) is 2.13. The van der Waals surface area contributed by atoms with Crippen LogP contribution in [0, 0.1) is 0 Å². The molecule has 0 aromatic carbocycles. The first-order chi connectivity index (χ1) is 6.68. The van der Waals surface area contributed by atoms with Crippen LogP contribution >= 0.6 is 0 Å². The third-order valence-corrected chi connectivity index (χ3v) is 2.97. The first-order valence-corrected chi connectivity index (χ1v) is 5.36. The van der Waals surface area contributed by atoms with Crippen molar-refractivity contribution in [3.05, 3.63) is 0 Å². The van der Waals surface area contributed by atoms with Gasteiger partial charge in [0.2, 0.25) is 0 Å². The maximum absolute atomic E-state index is 9.36. The van der Waals surface area contributed by atoms with E-state index >= 15 is 0 Å². The SMILES string of the molecule is CC1(CN2CCC(O)CC2)OCCO1. The Morgan fingerprint density at radius 1 is 1.29 bits per heavy atom. The molecule has 0 unspecified atom stereocenters. The number of nitrogens with zero attached hydrogens (tertiary/aromatic N) is 1. The fourth-order valence-corrected chi connectivity index (χ4v) is 2.13. The predicted octanol–water partition coefficient (Wildman–Crippen LogP) is 0.206. The van der Waals surface area contributed by atoms with Crippen molar-refractivity contribution in [3.63, 3.8) is 0 Å². The molecule has 2 rings (SSSR count). The fraction of sp³-hybridized carbons (Fsp3) is 1.00. The Bertz CT molecular complexity index is 184. The van der Waals surface area contributed by atoms with Crippen LogP contribution in [0.15, 0.2) is 0 Å². The van der Waals surface area contributed by atoms with Gasteiger partial charge in [-0.15, -0.1) is 0 Å². The van der Waals surface area contributed by atoms with Crippen molar-refractivity contribution in [2.75, 3.05) is 32.8 Å².